The standard InChI is InChI=1S/C12H13FN2O/c1-8-11(6-7-12(16)14-8)15-10-4-2-9(13)3-5-10/h2-5,11,15H,1,6-7H2,(H,14,16). The molecule has 84 valence electrons. The van der Waals surface area contributed by atoms with Gasteiger partial charge in [-0.1, -0.05) is 6.58 Å². The predicted molar refractivity (Wildman–Crippen MR) is 60.3 cm³/mol. The van der Waals surface area contributed by atoms with E-state index in [1.54, 1.807) is 12.1 Å². The summed E-state index contributed by atoms with van der Waals surface area (Å²) in [6.45, 7) is 3.79. The molecule has 0 radical (unpaired) electrons. The molecule has 0 spiro atoms. The van der Waals surface area contributed by atoms with Crippen LogP contribution in [0.5, 0.6) is 0 Å². The SMILES string of the molecule is C=C1NC(=O)CCC1Nc1ccc(F)cc1. The van der Waals surface area contributed by atoms with E-state index in [-0.39, 0.29) is 17.8 Å². The molecule has 0 saturated carbocycles. The van der Waals surface area contributed by atoms with E-state index in [4.69, 9.17) is 0 Å². The zero-order valence-corrected chi connectivity index (χ0v) is 8.79. The number of hydrogen-bond acceptors (Lipinski definition) is 2. The fraction of sp³-hybridized carbons (Fsp3) is 0.250. The van der Waals surface area contributed by atoms with E-state index in [0.29, 0.717) is 18.5 Å². The highest BCUT2D eigenvalue weighted by Crippen LogP contribution is 2.17. The van der Waals surface area contributed by atoms with Crippen LogP contribution in [-0.2, 0) is 4.79 Å². The molecule has 1 aromatic rings. The lowest BCUT2D eigenvalue weighted by molar-refractivity contribution is -0.121. The van der Waals surface area contributed by atoms with Crippen LogP contribution in [0.1, 0.15) is 12.8 Å². The second-order valence-electron chi connectivity index (χ2n) is 3.82. The minimum Gasteiger partial charge on any atom is -0.377 e. The van der Waals surface area contributed by atoms with Crippen LogP contribution in [0.25, 0.3) is 0 Å². The molecule has 1 aliphatic rings. The van der Waals surface area contributed by atoms with E-state index in [1.165, 1.54) is 12.1 Å². The van der Waals surface area contributed by atoms with Crippen molar-refractivity contribution in [1.29, 1.82) is 0 Å². The smallest absolute Gasteiger partial charge is 0.224 e. The molecule has 1 atom stereocenters. The molecule has 1 fully saturated rings. The van der Waals surface area contributed by atoms with Crippen LogP contribution in [0.4, 0.5) is 10.1 Å². The molecule has 1 aliphatic heterocycles. The van der Waals surface area contributed by atoms with Gasteiger partial charge in [0, 0.05) is 17.8 Å². The summed E-state index contributed by atoms with van der Waals surface area (Å²) in [6, 6.07) is 6.14. The van der Waals surface area contributed by atoms with E-state index >= 15 is 0 Å². The topological polar surface area (TPSA) is 41.1 Å². The number of piperidine rings is 1. The van der Waals surface area contributed by atoms with E-state index in [2.05, 4.69) is 17.2 Å². The van der Waals surface area contributed by atoms with Crippen LogP contribution < -0.4 is 10.6 Å². The van der Waals surface area contributed by atoms with Crippen LogP contribution in [-0.4, -0.2) is 11.9 Å². The Morgan fingerprint density at radius 2 is 2.06 bits per heavy atom. The number of carbonyl (C=O) groups excluding carboxylic acids is 1. The largest absolute Gasteiger partial charge is 0.377 e. The first-order valence-corrected chi connectivity index (χ1v) is 5.16. The van der Waals surface area contributed by atoms with Gasteiger partial charge in [-0.2, -0.15) is 0 Å². The van der Waals surface area contributed by atoms with Gasteiger partial charge in [-0.05, 0) is 30.7 Å². The number of rotatable bonds is 2. The zero-order chi connectivity index (χ0) is 11.5. The molecule has 2 N–H and O–H groups in total. The highest BCUT2D eigenvalue weighted by molar-refractivity contribution is 5.79. The lowest BCUT2D eigenvalue weighted by Gasteiger charge is -2.26. The number of anilines is 1. The first-order chi connectivity index (χ1) is 7.65. The first kappa shape index (κ1) is 10.7. The number of amides is 1. The molecule has 1 unspecified atom stereocenters. The van der Waals surface area contributed by atoms with Gasteiger partial charge in [-0.3, -0.25) is 4.79 Å². The Morgan fingerprint density at radius 3 is 2.69 bits per heavy atom. The normalized spacial score (nSPS) is 20.4. The summed E-state index contributed by atoms with van der Waals surface area (Å²) in [5.74, 6) is -0.261. The molecule has 4 heteroatoms. The molecule has 1 heterocycles. The van der Waals surface area contributed by atoms with Crippen molar-refractivity contribution in [2.45, 2.75) is 18.9 Å². The second kappa shape index (κ2) is 4.35. The van der Waals surface area contributed by atoms with Gasteiger partial charge in [0.1, 0.15) is 5.82 Å². The van der Waals surface area contributed by atoms with Crippen molar-refractivity contribution in [3.8, 4) is 0 Å². The third kappa shape index (κ3) is 2.39. The number of carbonyl (C=O) groups is 1. The minimum atomic E-state index is -0.263. The molecule has 0 bridgehead atoms. The van der Waals surface area contributed by atoms with Crippen LogP contribution in [0.3, 0.4) is 0 Å². The predicted octanol–water partition coefficient (Wildman–Crippen LogP) is 2.03. The quantitative estimate of drug-likeness (QED) is 0.800. The van der Waals surface area contributed by atoms with Crippen LogP contribution in [0.2, 0.25) is 0 Å². The van der Waals surface area contributed by atoms with E-state index in [1.807, 2.05) is 0 Å². The van der Waals surface area contributed by atoms with E-state index in [9.17, 15) is 9.18 Å². The third-order valence-corrected chi connectivity index (χ3v) is 2.57. The number of hydrogen-bond donors (Lipinski definition) is 2. The Balaban J connectivity index is 2.02. The Labute approximate surface area is 93.4 Å². The van der Waals surface area contributed by atoms with Gasteiger partial charge in [0.2, 0.25) is 5.91 Å². The molecular formula is C12H13FN2O. The Hall–Kier alpha value is -1.84. The number of benzene rings is 1. The van der Waals surface area contributed by atoms with Gasteiger partial charge in [-0.15, -0.1) is 0 Å². The van der Waals surface area contributed by atoms with Crippen molar-refractivity contribution >= 4 is 11.6 Å². The van der Waals surface area contributed by atoms with E-state index < -0.39 is 0 Å². The average Bonchev–Trinajstić information content (AvgIpc) is 2.25. The molecule has 0 aliphatic carbocycles. The molecule has 1 amide bonds. The summed E-state index contributed by atoms with van der Waals surface area (Å²) in [6.07, 6.45) is 1.19. The molecular weight excluding hydrogens is 207 g/mol. The van der Waals surface area contributed by atoms with Crippen LogP contribution in [0.15, 0.2) is 36.5 Å². The Kier molecular flexibility index (Phi) is 2.90. The second-order valence-corrected chi connectivity index (χ2v) is 3.82. The molecule has 16 heavy (non-hydrogen) atoms. The maximum absolute atomic E-state index is 12.7. The van der Waals surface area contributed by atoms with Crippen LogP contribution in [0, 0.1) is 5.82 Å². The average molecular weight is 220 g/mol. The van der Waals surface area contributed by atoms with Gasteiger partial charge in [0.15, 0.2) is 0 Å². The molecule has 3 nitrogen and oxygen atoms in total. The molecule has 1 saturated heterocycles. The Morgan fingerprint density at radius 1 is 1.38 bits per heavy atom. The number of halogens is 1. The van der Waals surface area contributed by atoms with Crippen molar-refractivity contribution in [1.82, 2.24) is 5.32 Å². The minimum absolute atomic E-state index is 0.00200. The van der Waals surface area contributed by atoms with Gasteiger partial charge < -0.3 is 10.6 Å². The summed E-state index contributed by atoms with van der Waals surface area (Å²) >= 11 is 0. The molecule has 0 aromatic heterocycles. The summed E-state index contributed by atoms with van der Waals surface area (Å²) in [4.78, 5) is 11.1. The molecule has 2 rings (SSSR count). The highest BCUT2D eigenvalue weighted by Gasteiger charge is 2.21. The lowest BCUT2D eigenvalue weighted by atomic mass is 10.0. The summed E-state index contributed by atoms with van der Waals surface area (Å²) in [5.41, 5.74) is 1.49. The maximum atomic E-state index is 12.7. The summed E-state index contributed by atoms with van der Waals surface area (Å²) in [5, 5.41) is 5.89. The van der Waals surface area contributed by atoms with E-state index in [0.717, 1.165) is 5.69 Å². The third-order valence-electron chi connectivity index (χ3n) is 2.57. The molecule has 1 aromatic carbocycles. The highest BCUT2D eigenvalue weighted by atomic mass is 19.1. The van der Waals surface area contributed by atoms with Crippen LogP contribution >= 0.6 is 0 Å². The fourth-order valence-corrected chi connectivity index (χ4v) is 1.68. The first-order valence-electron chi connectivity index (χ1n) is 5.16. The fourth-order valence-electron chi connectivity index (χ4n) is 1.68. The van der Waals surface area contributed by atoms with Gasteiger partial charge >= 0.3 is 0 Å². The summed E-state index contributed by atoms with van der Waals surface area (Å²) < 4.78 is 12.7. The van der Waals surface area contributed by atoms with Gasteiger partial charge in [0.25, 0.3) is 0 Å². The number of nitrogens with one attached hydrogen (secondary N) is 2. The van der Waals surface area contributed by atoms with Crippen molar-refractivity contribution < 1.29 is 9.18 Å². The monoisotopic (exact) mass is 220 g/mol. The Bertz CT molecular complexity index is 414. The zero-order valence-electron chi connectivity index (χ0n) is 8.79. The maximum Gasteiger partial charge on any atom is 0.224 e. The lowest BCUT2D eigenvalue weighted by Crippen LogP contribution is -2.39. The van der Waals surface area contributed by atoms with Crippen molar-refractivity contribution in [2.75, 3.05) is 5.32 Å². The summed E-state index contributed by atoms with van der Waals surface area (Å²) in [7, 11) is 0. The van der Waals surface area contributed by atoms with Crippen molar-refractivity contribution in [3.05, 3.63) is 42.4 Å². The van der Waals surface area contributed by atoms with Gasteiger partial charge in [-0.25, -0.2) is 4.39 Å². The van der Waals surface area contributed by atoms with Crippen molar-refractivity contribution in [3.63, 3.8) is 0 Å². The van der Waals surface area contributed by atoms with Crippen molar-refractivity contribution in [2.24, 2.45) is 0 Å². The van der Waals surface area contributed by atoms with Gasteiger partial charge in [0.05, 0.1) is 6.04 Å².